The van der Waals surface area contributed by atoms with Crippen molar-refractivity contribution in [1.82, 2.24) is 0 Å². The van der Waals surface area contributed by atoms with E-state index in [0.717, 1.165) is 4.88 Å². The molecule has 1 heterocycles. The largest absolute Gasteiger partial charge is 0.469 e. The highest BCUT2D eigenvalue weighted by Crippen LogP contribution is 2.20. The van der Waals surface area contributed by atoms with Crippen LogP contribution in [0.15, 0.2) is 17.5 Å². The van der Waals surface area contributed by atoms with E-state index in [0.29, 0.717) is 6.42 Å². The molecule has 0 aliphatic heterocycles. The number of ether oxygens (including phenoxy) is 2. The lowest BCUT2D eigenvalue weighted by Crippen LogP contribution is -2.28. The van der Waals surface area contributed by atoms with Crippen LogP contribution >= 0.6 is 11.3 Å². The third-order valence-corrected chi connectivity index (χ3v) is 3.29. The Morgan fingerprint density at radius 3 is 2.53 bits per heavy atom. The molecular weight excluding hydrogens is 264 g/mol. The molecule has 0 saturated carbocycles. The van der Waals surface area contributed by atoms with Gasteiger partial charge in [-0.3, -0.25) is 9.59 Å². The van der Waals surface area contributed by atoms with Gasteiger partial charge in [-0.2, -0.15) is 0 Å². The summed E-state index contributed by atoms with van der Waals surface area (Å²) in [5.41, 5.74) is -0.541. The first-order chi connectivity index (χ1) is 8.81. The highest BCUT2D eigenvalue weighted by Gasteiger charge is 2.26. The van der Waals surface area contributed by atoms with Crippen LogP contribution in [0.2, 0.25) is 0 Å². The zero-order chi connectivity index (χ0) is 14.5. The molecule has 0 saturated heterocycles. The average molecular weight is 284 g/mol. The second-order valence-electron chi connectivity index (χ2n) is 5.29. The van der Waals surface area contributed by atoms with Gasteiger partial charge in [-0.15, -0.1) is 11.3 Å². The summed E-state index contributed by atoms with van der Waals surface area (Å²) >= 11 is 1.56. The van der Waals surface area contributed by atoms with Gasteiger partial charge in [0, 0.05) is 4.88 Å². The van der Waals surface area contributed by atoms with Gasteiger partial charge < -0.3 is 9.47 Å². The van der Waals surface area contributed by atoms with E-state index in [1.807, 2.05) is 17.5 Å². The summed E-state index contributed by atoms with van der Waals surface area (Å²) in [6, 6.07) is 3.86. The van der Waals surface area contributed by atoms with E-state index in [4.69, 9.17) is 9.47 Å². The van der Waals surface area contributed by atoms with Gasteiger partial charge in [-0.25, -0.2) is 0 Å². The minimum absolute atomic E-state index is 0.0435. The maximum atomic E-state index is 11.8. The van der Waals surface area contributed by atoms with E-state index >= 15 is 0 Å². The molecule has 0 amide bonds. The van der Waals surface area contributed by atoms with Gasteiger partial charge in [0.25, 0.3) is 0 Å². The molecule has 0 N–H and O–H groups in total. The molecule has 0 radical (unpaired) electrons. The van der Waals surface area contributed by atoms with Crippen LogP contribution in [0, 0.1) is 5.92 Å². The zero-order valence-corrected chi connectivity index (χ0v) is 12.6. The Labute approximate surface area is 117 Å². The Kier molecular flexibility index (Phi) is 5.54. The Bertz CT molecular complexity index is 417. The SMILES string of the molecule is COC(=O)C(CC(=O)OC(C)(C)C)Cc1cccs1. The van der Waals surface area contributed by atoms with Gasteiger partial charge in [0.1, 0.15) is 5.60 Å². The maximum absolute atomic E-state index is 11.8. The summed E-state index contributed by atoms with van der Waals surface area (Å²) in [5, 5.41) is 1.94. The summed E-state index contributed by atoms with van der Waals surface area (Å²) in [6.07, 6.45) is 0.547. The first kappa shape index (κ1) is 15.7. The van der Waals surface area contributed by atoms with E-state index in [9.17, 15) is 9.59 Å². The lowest BCUT2D eigenvalue weighted by atomic mass is 10.0. The van der Waals surface area contributed by atoms with E-state index in [1.54, 1.807) is 32.1 Å². The number of hydrogen-bond donors (Lipinski definition) is 0. The van der Waals surface area contributed by atoms with Gasteiger partial charge in [-0.05, 0) is 38.6 Å². The molecule has 5 heteroatoms. The van der Waals surface area contributed by atoms with Crippen LogP contribution in [0.3, 0.4) is 0 Å². The molecular formula is C14H20O4S. The van der Waals surface area contributed by atoms with Gasteiger partial charge in [-0.1, -0.05) is 6.07 Å². The number of carbonyl (C=O) groups is 2. The van der Waals surface area contributed by atoms with E-state index in [-0.39, 0.29) is 18.4 Å². The number of carbonyl (C=O) groups excluding carboxylic acids is 2. The van der Waals surface area contributed by atoms with Crippen molar-refractivity contribution in [1.29, 1.82) is 0 Å². The number of rotatable bonds is 5. The highest BCUT2D eigenvalue weighted by molar-refractivity contribution is 7.09. The van der Waals surface area contributed by atoms with Crippen molar-refractivity contribution in [2.45, 2.75) is 39.2 Å². The Morgan fingerprint density at radius 2 is 2.05 bits per heavy atom. The van der Waals surface area contributed by atoms with Crippen LogP contribution in [0.5, 0.6) is 0 Å². The Morgan fingerprint density at radius 1 is 1.37 bits per heavy atom. The van der Waals surface area contributed by atoms with Gasteiger partial charge >= 0.3 is 11.9 Å². The molecule has 106 valence electrons. The molecule has 1 aromatic heterocycles. The fraction of sp³-hybridized carbons (Fsp3) is 0.571. The van der Waals surface area contributed by atoms with Crippen LogP contribution in [0.1, 0.15) is 32.1 Å². The van der Waals surface area contributed by atoms with Gasteiger partial charge in [0.05, 0.1) is 19.4 Å². The van der Waals surface area contributed by atoms with Crippen molar-refractivity contribution in [3.8, 4) is 0 Å². The quantitative estimate of drug-likeness (QED) is 0.780. The standard InChI is InChI=1S/C14H20O4S/c1-14(2,3)18-12(15)9-10(13(16)17-4)8-11-6-5-7-19-11/h5-7,10H,8-9H2,1-4H3. The molecule has 1 unspecified atom stereocenters. The zero-order valence-electron chi connectivity index (χ0n) is 11.8. The number of methoxy groups -OCH3 is 1. The lowest BCUT2D eigenvalue weighted by molar-refractivity contribution is -0.160. The first-order valence-electron chi connectivity index (χ1n) is 6.14. The molecule has 19 heavy (non-hydrogen) atoms. The van der Waals surface area contributed by atoms with Crippen LogP contribution in [0.25, 0.3) is 0 Å². The average Bonchev–Trinajstić information content (AvgIpc) is 2.77. The number of hydrogen-bond acceptors (Lipinski definition) is 5. The van der Waals surface area contributed by atoms with Gasteiger partial charge in [0.2, 0.25) is 0 Å². The van der Waals surface area contributed by atoms with Gasteiger partial charge in [0.15, 0.2) is 0 Å². The van der Waals surface area contributed by atoms with Crippen LogP contribution in [-0.2, 0) is 25.5 Å². The molecule has 0 fully saturated rings. The van der Waals surface area contributed by atoms with Crippen molar-refractivity contribution in [2.24, 2.45) is 5.92 Å². The predicted octanol–water partition coefficient (Wildman–Crippen LogP) is 2.81. The predicted molar refractivity (Wildman–Crippen MR) is 74.0 cm³/mol. The Hall–Kier alpha value is -1.36. The topological polar surface area (TPSA) is 52.6 Å². The maximum Gasteiger partial charge on any atom is 0.309 e. The molecule has 0 aromatic carbocycles. The van der Waals surface area contributed by atoms with Crippen molar-refractivity contribution < 1.29 is 19.1 Å². The summed E-state index contributed by atoms with van der Waals surface area (Å²) in [7, 11) is 1.33. The van der Waals surface area contributed by atoms with E-state index < -0.39 is 11.5 Å². The first-order valence-corrected chi connectivity index (χ1v) is 7.02. The van der Waals surface area contributed by atoms with Crippen molar-refractivity contribution in [3.63, 3.8) is 0 Å². The molecule has 1 rings (SSSR count). The summed E-state index contributed by atoms with van der Waals surface area (Å²) in [4.78, 5) is 24.6. The fourth-order valence-corrected chi connectivity index (χ4v) is 2.45. The lowest BCUT2D eigenvalue weighted by Gasteiger charge is -2.21. The second-order valence-corrected chi connectivity index (χ2v) is 6.33. The monoisotopic (exact) mass is 284 g/mol. The van der Waals surface area contributed by atoms with Crippen molar-refractivity contribution >= 4 is 23.3 Å². The summed E-state index contributed by atoms with van der Waals surface area (Å²) in [6.45, 7) is 5.41. The molecule has 0 aliphatic rings. The molecule has 1 aromatic rings. The molecule has 0 aliphatic carbocycles. The minimum Gasteiger partial charge on any atom is -0.469 e. The molecule has 0 spiro atoms. The van der Waals surface area contributed by atoms with Crippen molar-refractivity contribution in [3.05, 3.63) is 22.4 Å². The van der Waals surface area contributed by atoms with E-state index in [2.05, 4.69) is 0 Å². The van der Waals surface area contributed by atoms with E-state index in [1.165, 1.54) is 7.11 Å². The third-order valence-electron chi connectivity index (χ3n) is 2.40. The summed E-state index contributed by atoms with van der Waals surface area (Å²) < 4.78 is 9.99. The second kappa shape index (κ2) is 6.70. The number of thiophene rings is 1. The highest BCUT2D eigenvalue weighted by atomic mass is 32.1. The van der Waals surface area contributed by atoms with Crippen molar-refractivity contribution in [2.75, 3.05) is 7.11 Å². The summed E-state index contributed by atoms with van der Waals surface area (Å²) in [5.74, 6) is -1.24. The van der Waals surface area contributed by atoms with Crippen LogP contribution in [-0.4, -0.2) is 24.6 Å². The van der Waals surface area contributed by atoms with Crippen LogP contribution < -0.4 is 0 Å². The molecule has 0 bridgehead atoms. The molecule has 1 atom stereocenters. The normalized spacial score (nSPS) is 12.8. The Balaban J connectivity index is 2.65. The minimum atomic E-state index is -0.541. The van der Waals surface area contributed by atoms with Crippen LogP contribution in [0.4, 0.5) is 0 Å². The molecule has 4 nitrogen and oxygen atoms in total. The fourth-order valence-electron chi connectivity index (χ4n) is 1.66. The third kappa shape index (κ3) is 5.87. The number of esters is 2. The smallest absolute Gasteiger partial charge is 0.309 e.